The normalized spacial score (nSPS) is 14.3. The Kier molecular flexibility index (Phi) is 11.0. The maximum absolute atomic E-state index is 4.66. The van der Waals surface area contributed by atoms with Crippen LogP contribution in [0.1, 0.15) is 81.8 Å². The van der Waals surface area contributed by atoms with Crippen LogP contribution in [0, 0.1) is 72.6 Å². The fourth-order valence-electron chi connectivity index (χ4n) is 9.97. The molecule has 0 radical (unpaired) electrons. The van der Waals surface area contributed by atoms with Crippen LogP contribution in [-0.4, -0.2) is 14.4 Å². The topological polar surface area (TPSA) is 30.2 Å². The first kappa shape index (κ1) is 40.4. The molecular formula is C55H50N3Pt-3. The Labute approximate surface area is 364 Å². The van der Waals surface area contributed by atoms with Crippen LogP contribution in [0.5, 0.6) is 0 Å². The Bertz CT molecular complexity index is 2970. The van der Waals surface area contributed by atoms with Crippen molar-refractivity contribution in [3.05, 3.63) is 177 Å². The fraction of sp³-hybridized carbons (Fsp3) is 0.236. The quantitative estimate of drug-likeness (QED) is 0.127. The third-order valence-electron chi connectivity index (χ3n) is 12.5. The van der Waals surface area contributed by atoms with Crippen molar-refractivity contribution in [1.82, 2.24) is 14.4 Å². The number of hydrogen-bond acceptors (Lipinski definition) is 2. The second-order valence-corrected chi connectivity index (χ2v) is 16.8. The van der Waals surface area contributed by atoms with Crippen molar-refractivity contribution in [1.29, 1.82) is 0 Å². The van der Waals surface area contributed by atoms with E-state index in [1.165, 1.54) is 106 Å². The maximum Gasteiger partial charge on any atom is 0.0623 e. The molecule has 0 spiro atoms. The van der Waals surface area contributed by atoms with Crippen LogP contribution in [0.3, 0.4) is 0 Å². The van der Waals surface area contributed by atoms with Crippen LogP contribution in [-0.2, 0) is 27.5 Å². The minimum atomic E-state index is 0. The number of aromatic nitrogens is 3. The van der Waals surface area contributed by atoms with Gasteiger partial charge >= 0.3 is 0 Å². The molecule has 4 heteroatoms. The SMILES string of the molecule is CCC(C)Cc1cc(C)c(-c2cc(C)c3c(c2)C2C=C[C-]=C2c2[c-]cccc2-3)c(C)c1.Cc1cc(C)c(-c2cc(C)c3c4ncc[c-]c4c4nccn4c3c2)c(C)c1.[Pt]. The number of aryl methyl sites for hydroxylation is 7. The molecule has 298 valence electrons. The summed E-state index contributed by atoms with van der Waals surface area (Å²) in [5, 5.41) is 2.13. The van der Waals surface area contributed by atoms with Gasteiger partial charge in [0.1, 0.15) is 0 Å². The van der Waals surface area contributed by atoms with E-state index in [1.807, 2.05) is 30.7 Å². The number of rotatable bonds is 5. The van der Waals surface area contributed by atoms with Gasteiger partial charge in [0.2, 0.25) is 0 Å². The van der Waals surface area contributed by atoms with Crippen LogP contribution in [0.25, 0.3) is 66.4 Å². The van der Waals surface area contributed by atoms with Crippen molar-refractivity contribution in [2.45, 2.75) is 81.1 Å². The molecule has 0 bridgehead atoms. The van der Waals surface area contributed by atoms with Crippen molar-refractivity contribution in [3.63, 3.8) is 0 Å². The van der Waals surface area contributed by atoms with Gasteiger partial charge in [-0.15, -0.1) is 24.3 Å². The summed E-state index contributed by atoms with van der Waals surface area (Å²) in [7, 11) is 0. The van der Waals surface area contributed by atoms with Gasteiger partial charge in [0.05, 0.1) is 5.65 Å². The second-order valence-electron chi connectivity index (χ2n) is 16.8. The summed E-state index contributed by atoms with van der Waals surface area (Å²) in [6, 6.07) is 33.7. The summed E-state index contributed by atoms with van der Waals surface area (Å²) < 4.78 is 2.16. The van der Waals surface area contributed by atoms with Crippen molar-refractivity contribution in [2.75, 3.05) is 0 Å². The molecule has 3 heterocycles. The zero-order valence-electron chi connectivity index (χ0n) is 35.5. The fourth-order valence-corrected chi connectivity index (χ4v) is 9.97. The number of nitrogens with zero attached hydrogens (tertiary/aromatic N) is 3. The molecule has 3 nitrogen and oxygen atoms in total. The Morgan fingerprint density at radius 2 is 1.41 bits per heavy atom. The first-order valence-corrected chi connectivity index (χ1v) is 20.7. The minimum absolute atomic E-state index is 0. The van der Waals surface area contributed by atoms with E-state index in [-0.39, 0.29) is 27.0 Å². The molecule has 0 N–H and O–H groups in total. The van der Waals surface area contributed by atoms with Gasteiger partial charge in [-0.25, -0.2) is 23.3 Å². The second kappa shape index (κ2) is 16.0. The minimum Gasteiger partial charge on any atom is -0.351 e. The van der Waals surface area contributed by atoms with E-state index in [4.69, 9.17) is 0 Å². The molecule has 2 aliphatic carbocycles. The predicted octanol–water partition coefficient (Wildman–Crippen LogP) is 13.9. The third-order valence-corrected chi connectivity index (χ3v) is 12.5. The first-order chi connectivity index (χ1) is 28.0. The van der Waals surface area contributed by atoms with Crippen LogP contribution in [0.4, 0.5) is 0 Å². The zero-order chi connectivity index (χ0) is 40.4. The van der Waals surface area contributed by atoms with E-state index in [0.717, 1.165) is 34.4 Å². The summed E-state index contributed by atoms with van der Waals surface area (Å²) in [5.41, 5.74) is 25.5. The number of imidazole rings is 1. The molecule has 0 fully saturated rings. The number of fused-ring (bicyclic) bond motifs is 12. The molecule has 0 amide bonds. The largest absolute Gasteiger partial charge is 0.351 e. The maximum atomic E-state index is 4.66. The van der Waals surface area contributed by atoms with E-state index in [1.54, 1.807) is 0 Å². The van der Waals surface area contributed by atoms with Gasteiger partial charge < -0.3 is 9.38 Å². The molecule has 2 aliphatic rings. The Balaban J connectivity index is 0.000000163. The Hall–Kier alpha value is -5.37. The van der Waals surface area contributed by atoms with E-state index >= 15 is 0 Å². The van der Waals surface area contributed by atoms with Gasteiger partial charge in [-0.1, -0.05) is 102 Å². The van der Waals surface area contributed by atoms with Gasteiger partial charge in [0.25, 0.3) is 0 Å². The molecule has 59 heavy (non-hydrogen) atoms. The molecule has 0 aliphatic heterocycles. The van der Waals surface area contributed by atoms with Crippen molar-refractivity contribution >= 4 is 33.0 Å². The Morgan fingerprint density at radius 1 is 0.729 bits per heavy atom. The first-order valence-electron chi connectivity index (χ1n) is 20.7. The van der Waals surface area contributed by atoms with Gasteiger partial charge in [0, 0.05) is 39.0 Å². The van der Waals surface area contributed by atoms with E-state index in [9.17, 15) is 0 Å². The van der Waals surface area contributed by atoms with Crippen LogP contribution >= 0.6 is 0 Å². The van der Waals surface area contributed by atoms with E-state index in [0.29, 0.717) is 0 Å². The van der Waals surface area contributed by atoms with Gasteiger partial charge in [0.15, 0.2) is 0 Å². The summed E-state index contributed by atoms with van der Waals surface area (Å²) in [5.74, 6) is 1.01. The third kappa shape index (κ3) is 7.02. The monoisotopic (exact) mass is 947 g/mol. The molecule has 0 saturated carbocycles. The van der Waals surface area contributed by atoms with Crippen LogP contribution in [0.15, 0.2) is 104 Å². The Morgan fingerprint density at radius 3 is 2.14 bits per heavy atom. The van der Waals surface area contributed by atoms with Crippen molar-refractivity contribution < 1.29 is 21.1 Å². The number of benzene rings is 5. The summed E-state index contributed by atoms with van der Waals surface area (Å²) >= 11 is 0. The molecule has 2 atom stereocenters. The van der Waals surface area contributed by atoms with Gasteiger partial charge in [-0.2, -0.15) is 23.8 Å². The number of hydrogen-bond donors (Lipinski definition) is 0. The summed E-state index contributed by atoms with van der Waals surface area (Å²) in [6.07, 6.45) is 15.9. The smallest absolute Gasteiger partial charge is 0.0623 e. The average Bonchev–Trinajstić information content (AvgIpc) is 3.89. The number of pyridine rings is 2. The number of allylic oxidation sites excluding steroid dienone is 4. The van der Waals surface area contributed by atoms with Gasteiger partial charge in [-0.05, 0) is 133 Å². The molecular weight excluding hydrogens is 898 g/mol. The standard InChI is InChI=1S/C31H30.C24H20N3.Pt/c1-6-19(2)14-23-15-20(3)30(21(4)16-23)24-17-22(5)31-28-11-8-7-10-26(28)25-12-9-13-27(25)29(31)18-24;1-14-10-15(2)21(16(3)11-14)18-12-17(4)22-20(13-18)27-9-8-26-24(27)19-6-5-7-25-23(19)22;/h7-9,11,13,15-19,27H,6,14H2,1-5H3;5,7-13H,1-4H3;/q-2;-1;. The zero-order valence-corrected chi connectivity index (χ0v) is 37.8. The van der Waals surface area contributed by atoms with Crippen LogP contribution < -0.4 is 0 Å². The molecule has 3 aromatic heterocycles. The predicted molar refractivity (Wildman–Crippen MR) is 243 cm³/mol. The van der Waals surface area contributed by atoms with Crippen molar-refractivity contribution in [3.8, 4) is 33.4 Å². The molecule has 0 saturated heterocycles. The van der Waals surface area contributed by atoms with Gasteiger partial charge in [-0.3, -0.25) is 4.98 Å². The van der Waals surface area contributed by atoms with Crippen LogP contribution in [0.2, 0.25) is 0 Å². The van der Waals surface area contributed by atoms with Crippen molar-refractivity contribution in [2.24, 2.45) is 5.92 Å². The molecule has 8 aromatic rings. The summed E-state index contributed by atoms with van der Waals surface area (Å²) in [4.78, 5) is 9.23. The molecule has 2 unspecified atom stereocenters. The molecule has 10 rings (SSSR count). The average molecular weight is 948 g/mol. The molecule has 5 aromatic carbocycles. The van der Waals surface area contributed by atoms with E-state index < -0.39 is 0 Å². The summed E-state index contributed by atoms with van der Waals surface area (Å²) in [6.45, 7) is 20.1. The van der Waals surface area contributed by atoms with E-state index in [2.05, 4.69) is 168 Å².